The molecule has 0 heterocycles. The second-order valence-corrected chi connectivity index (χ2v) is 3.49. The number of hydrogen-bond donors (Lipinski definition) is 1. The normalized spacial score (nSPS) is 11.6. The maximum atomic E-state index is 11.1. The van der Waals surface area contributed by atoms with Gasteiger partial charge in [-0.1, -0.05) is 0 Å². The number of carbonyl (C=O) groups is 1. The minimum absolute atomic E-state index is 0.0169. The van der Waals surface area contributed by atoms with Gasteiger partial charge >= 0.3 is 5.97 Å². The fourth-order valence-electron chi connectivity index (χ4n) is 1.27. The molecule has 0 spiro atoms. The molecule has 0 aliphatic rings. The molecule has 0 bridgehead atoms. The van der Waals surface area contributed by atoms with Crippen LogP contribution >= 0.6 is 0 Å². The zero-order chi connectivity index (χ0) is 13.5. The molecule has 6 nitrogen and oxygen atoms in total. The Morgan fingerprint density at radius 2 is 1.61 bits per heavy atom. The van der Waals surface area contributed by atoms with Gasteiger partial charge in [0.1, 0.15) is 29.9 Å². The summed E-state index contributed by atoms with van der Waals surface area (Å²) in [5.74, 6) is 1.17. The van der Waals surface area contributed by atoms with Crippen molar-refractivity contribution in [1.82, 2.24) is 0 Å². The van der Waals surface area contributed by atoms with Gasteiger partial charge in [0.05, 0.1) is 21.3 Å². The number of carbonyl (C=O) groups excluding carboxylic acids is 1. The molecule has 0 amide bonds. The molecule has 0 aromatic heterocycles. The van der Waals surface area contributed by atoms with E-state index in [1.807, 2.05) is 0 Å². The molecule has 6 heteroatoms. The van der Waals surface area contributed by atoms with Crippen LogP contribution in [-0.2, 0) is 9.53 Å². The van der Waals surface area contributed by atoms with Crippen molar-refractivity contribution >= 4 is 5.97 Å². The molecule has 100 valence electrons. The first-order valence-electron chi connectivity index (χ1n) is 5.30. The lowest BCUT2D eigenvalue weighted by molar-refractivity contribution is -0.142. The first kappa shape index (κ1) is 14.1. The van der Waals surface area contributed by atoms with E-state index in [9.17, 15) is 4.79 Å². The molecule has 0 aliphatic carbocycles. The summed E-state index contributed by atoms with van der Waals surface area (Å²) in [6, 6.07) is 4.23. The van der Waals surface area contributed by atoms with E-state index in [1.165, 1.54) is 7.11 Å². The third kappa shape index (κ3) is 3.81. The second-order valence-electron chi connectivity index (χ2n) is 3.49. The number of hydrogen-bond acceptors (Lipinski definition) is 6. The van der Waals surface area contributed by atoms with Crippen LogP contribution in [0.5, 0.6) is 17.2 Å². The van der Waals surface area contributed by atoms with E-state index in [0.29, 0.717) is 17.2 Å². The van der Waals surface area contributed by atoms with E-state index in [4.69, 9.17) is 19.9 Å². The van der Waals surface area contributed by atoms with Gasteiger partial charge in [-0.2, -0.15) is 0 Å². The van der Waals surface area contributed by atoms with Gasteiger partial charge in [-0.3, -0.25) is 4.79 Å². The fourth-order valence-corrected chi connectivity index (χ4v) is 1.27. The summed E-state index contributed by atoms with van der Waals surface area (Å²) < 4.78 is 20.1. The van der Waals surface area contributed by atoms with Gasteiger partial charge in [0.15, 0.2) is 0 Å². The monoisotopic (exact) mass is 255 g/mol. The number of rotatable bonds is 6. The van der Waals surface area contributed by atoms with Gasteiger partial charge in [0.2, 0.25) is 0 Å². The van der Waals surface area contributed by atoms with Crippen molar-refractivity contribution < 1.29 is 23.7 Å². The van der Waals surface area contributed by atoms with Crippen molar-refractivity contribution in [3.05, 3.63) is 18.2 Å². The van der Waals surface area contributed by atoms with Crippen LogP contribution < -0.4 is 19.9 Å². The maximum Gasteiger partial charge on any atom is 0.326 e. The van der Waals surface area contributed by atoms with Gasteiger partial charge < -0.3 is 24.7 Å². The predicted molar refractivity (Wildman–Crippen MR) is 65.0 cm³/mol. The lowest BCUT2D eigenvalue weighted by Gasteiger charge is -2.13. The molecule has 1 aromatic carbocycles. The van der Waals surface area contributed by atoms with Gasteiger partial charge in [-0.15, -0.1) is 0 Å². The fraction of sp³-hybridized carbons (Fsp3) is 0.417. The Morgan fingerprint density at radius 3 is 2.06 bits per heavy atom. The highest BCUT2D eigenvalue weighted by molar-refractivity contribution is 5.75. The lowest BCUT2D eigenvalue weighted by Crippen LogP contribution is -2.37. The van der Waals surface area contributed by atoms with Gasteiger partial charge in [0.25, 0.3) is 0 Å². The van der Waals surface area contributed by atoms with E-state index >= 15 is 0 Å². The Bertz CT molecular complexity index is 385. The third-order valence-electron chi connectivity index (χ3n) is 2.26. The summed E-state index contributed by atoms with van der Waals surface area (Å²) in [6.45, 7) is 0.0169. The summed E-state index contributed by atoms with van der Waals surface area (Å²) in [5.41, 5.74) is 5.55. The molecule has 0 saturated heterocycles. The first-order chi connectivity index (χ1) is 8.60. The Hall–Kier alpha value is -1.95. The molecular formula is C12H17NO5. The molecule has 0 aliphatic heterocycles. The molecular weight excluding hydrogens is 238 g/mol. The summed E-state index contributed by atoms with van der Waals surface area (Å²) in [5, 5.41) is 0. The van der Waals surface area contributed by atoms with Crippen molar-refractivity contribution in [3.8, 4) is 17.2 Å². The van der Waals surface area contributed by atoms with E-state index in [2.05, 4.69) is 4.74 Å². The highest BCUT2D eigenvalue weighted by atomic mass is 16.5. The van der Waals surface area contributed by atoms with Crippen LogP contribution in [0.25, 0.3) is 0 Å². The molecule has 0 radical (unpaired) electrons. The summed E-state index contributed by atoms with van der Waals surface area (Å²) in [4.78, 5) is 11.1. The van der Waals surface area contributed by atoms with Crippen molar-refractivity contribution in [2.24, 2.45) is 5.73 Å². The molecule has 1 atom stereocenters. The molecule has 18 heavy (non-hydrogen) atoms. The van der Waals surface area contributed by atoms with Crippen LogP contribution in [0.3, 0.4) is 0 Å². The number of esters is 1. The van der Waals surface area contributed by atoms with Gasteiger partial charge in [0, 0.05) is 18.2 Å². The van der Waals surface area contributed by atoms with Crippen molar-refractivity contribution in [3.63, 3.8) is 0 Å². The van der Waals surface area contributed by atoms with Crippen molar-refractivity contribution in [2.75, 3.05) is 27.9 Å². The SMILES string of the molecule is COC(=O)C(N)COc1cc(OC)cc(OC)c1. The van der Waals surface area contributed by atoms with Gasteiger partial charge in [-0.25, -0.2) is 0 Å². The highest BCUT2D eigenvalue weighted by Crippen LogP contribution is 2.27. The summed E-state index contributed by atoms with van der Waals surface area (Å²) in [6.07, 6.45) is 0. The second kappa shape index (κ2) is 6.70. The van der Waals surface area contributed by atoms with Crippen molar-refractivity contribution in [1.29, 1.82) is 0 Å². The van der Waals surface area contributed by atoms with Crippen LogP contribution in [0.2, 0.25) is 0 Å². The van der Waals surface area contributed by atoms with Crippen LogP contribution in [-0.4, -0.2) is 39.9 Å². The minimum Gasteiger partial charge on any atom is -0.496 e. The van der Waals surface area contributed by atoms with Crippen LogP contribution in [0.1, 0.15) is 0 Å². The molecule has 0 fully saturated rings. The summed E-state index contributed by atoms with van der Waals surface area (Å²) >= 11 is 0. The largest absolute Gasteiger partial charge is 0.496 e. The number of benzene rings is 1. The van der Waals surface area contributed by atoms with Crippen LogP contribution in [0.4, 0.5) is 0 Å². The third-order valence-corrected chi connectivity index (χ3v) is 2.26. The highest BCUT2D eigenvalue weighted by Gasteiger charge is 2.14. The van der Waals surface area contributed by atoms with E-state index in [0.717, 1.165) is 0 Å². The maximum absolute atomic E-state index is 11.1. The Kier molecular flexibility index (Phi) is 5.26. The predicted octanol–water partition coefficient (Wildman–Crippen LogP) is 0.583. The Morgan fingerprint density at radius 1 is 1.11 bits per heavy atom. The quantitative estimate of drug-likeness (QED) is 0.749. The summed E-state index contributed by atoms with van der Waals surface area (Å²) in [7, 11) is 4.36. The smallest absolute Gasteiger partial charge is 0.326 e. The van der Waals surface area contributed by atoms with E-state index in [1.54, 1.807) is 32.4 Å². The average molecular weight is 255 g/mol. The molecule has 1 aromatic rings. The topological polar surface area (TPSA) is 80.0 Å². The molecule has 2 N–H and O–H groups in total. The molecule has 1 unspecified atom stereocenters. The average Bonchev–Trinajstić information content (AvgIpc) is 2.43. The van der Waals surface area contributed by atoms with E-state index in [-0.39, 0.29) is 6.61 Å². The minimum atomic E-state index is -0.827. The van der Waals surface area contributed by atoms with Crippen LogP contribution in [0, 0.1) is 0 Å². The molecule has 0 saturated carbocycles. The first-order valence-corrected chi connectivity index (χ1v) is 5.30. The van der Waals surface area contributed by atoms with E-state index < -0.39 is 12.0 Å². The number of ether oxygens (including phenoxy) is 4. The zero-order valence-corrected chi connectivity index (χ0v) is 10.6. The van der Waals surface area contributed by atoms with Gasteiger partial charge in [-0.05, 0) is 0 Å². The lowest BCUT2D eigenvalue weighted by atomic mass is 10.3. The zero-order valence-electron chi connectivity index (χ0n) is 10.6. The Labute approximate surface area is 106 Å². The number of methoxy groups -OCH3 is 3. The standard InChI is InChI=1S/C12H17NO5/c1-15-8-4-9(16-2)6-10(5-8)18-7-11(13)12(14)17-3/h4-6,11H,7,13H2,1-3H3. The molecule has 1 rings (SSSR count). The number of nitrogens with two attached hydrogens (primary N) is 1. The van der Waals surface area contributed by atoms with Crippen LogP contribution in [0.15, 0.2) is 18.2 Å². The van der Waals surface area contributed by atoms with Crippen molar-refractivity contribution in [2.45, 2.75) is 6.04 Å². The Balaban J connectivity index is 2.69.